The molecule has 0 saturated carbocycles. The van der Waals surface area contributed by atoms with Crippen LogP contribution in [0.1, 0.15) is 40.8 Å². The molecule has 0 radical (unpaired) electrons. The van der Waals surface area contributed by atoms with Crippen molar-refractivity contribution in [3.63, 3.8) is 0 Å². The second-order valence-corrected chi connectivity index (χ2v) is 8.18. The molecule has 1 fully saturated rings. The van der Waals surface area contributed by atoms with Crippen molar-refractivity contribution in [2.24, 2.45) is 0 Å². The van der Waals surface area contributed by atoms with Gasteiger partial charge >= 0.3 is 0 Å². The summed E-state index contributed by atoms with van der Waals surface area (Å²) in [6.07, 6.45) is 3.88. The molecule has 1 saturated heterocycles. The zero-order valence-corrected chi connectivity index (χ0v) is 18.2. The molecule has 1 amide bonds. The van der Waals surface area contributed by atoms with Gasteiger partial charge in [0.25, 0.3) is 5.91 Å². The molecule has 1 atom stereocenters. The fraction of sp³-hybridized carbons (Fsp3) is 0.280. The summed E-state index contributed by atoms with van der Waals surface area (Å²) < 4.78 is 7.17. The molecule has 0 N–H and O–H groups in total. The van der Waals surface area contributed by atoms with Crippen LogP contribution in [-0.2, 0) is 0 Å². The predicted octanol–water partition coefficient (Wildman–Crippen LogP) is 4.13. The Morgan fingerprint density at radius 3 is 2.78 bits per heavy atom. The lowest BCUT2D eigenvalue weighted by atomic mass is 9.97. The second kappa shape index (κ2) is 8.42. The molecule has 4 heterocycles. The normalized spacial score (nSPS) is 16.3. The van der Waals surface area contributed by atoms with Gasteiger partial charge in [0.05, 0.1) is 7.11 Å². The molecule has 1 unspecified atom stereocenters. The number of methoxy groups -OCH3 is 1. The van der Waals surface area contributed by atoms with Crippen LogP contribution in [0.3, 0.4) is 0 Å². The SMILES string of the molecule is COc1cccc(-c2ccc3nc(C4CCCN(C(=O)c5cccc(C)n5)C4)nn3c2)c1. The van der Waals surface area contributed by atoms with Crippen LogP contribution in [0.25, 0.3) is 16.8 Å². The van der Waals surface area contributed by atoms with Crippen LogP contribution in [0, 0.1) is 6.92 Å². The Balaban J connectivity index is 1.38. The molecule has 3 aromatic heterocycles. The highest BCUT2D eigenvalue weighted by Gasteiger charge is 2.28. The molecular weight excluding hydrogens is 402 g/mol. The number of rotatable bonds is 4. The van der Waals surface area contributed by atoms with E-state index in [1.807, 2.05) is 71.1 Å². The largest absolute Gasteiger partial charge is 0.497 e. The van der Waals surface area contributed by atoms with E-state index in [0.29, 0.717) is 12.2 Å². The van der Waals surface area contributed by atoms with Crippen molar-refractivity contribution in [1.29, 1.82) is 0 Å². The van der Waals surface area contributed by atoms with Crippen LogP contribution in [0.5, 0.6) is 5.75 Å². The average Bonchev–Trinajstić information content (AvgIpc) is 3.27. The molecular formula is C25H25N5O2. The number of ether oxygens (including phenoxy) is 1. The van der Waals surface area contributed by atoms with E-state index in [1.54, 1.807) is 13.2 Å². The number of amides is 1. The first kappa shape index (κ1) is 20.2. The highest BCUT2D eigenvalue weighted by Crippen LogP contribution is 2.28. The third kappa shape index (κ3) is 3.93. The van der Waals surface area contributed by atoms with Crippen molar-refractivity contribution in [2.75, 3.05) is 20.2 Å². The number of aromatic nitrogens is 4. The van der Waals surface area contributed by atoms with Gasteiger partial charge in [-0.2, -0.15) is 5.10 Å². The van der Waals surface area contributed by atoms with Crippen molar-refractivity contribution >= 4 is 11.6 Å². The second-order valence-electron chi connectivity index (χ2n) is 8.18. The maximum Gasteiger partial charge on any atom is 0.272 e. The van der Waals surface area contributed by atoms with Gasteiger partial charge in [-0.15, -0.1) is 0 Å². The number of carbonyl (C=O) groups excluding carboxylic acids is 1. The van der Waals surface area contributed by atoms with Gasteiger partial charge in [-0.05, 0) is 61.7 Å². The molecule has 7 heteroatoms. The third-order valence-electron chi connectivity index (χ3n) is 5.93. The molecule has 5 rings (SSSR count). The maximum atomic E-state index is 13.0. The van der Waals surface area contributed by atoms with E-state index in [9.17, 15) is 4.79 Å². The van der Waals surface area contributed by atoms with Crippen LogP contribution in [-0.4, -0.2) is 50.6 Å². The number of benzene rings is 1. The van der Waals surface area contributed by atoms with E-state index < -0.39 is 0 Å². The minimum atomic E-state index is -0.0255. The molecule has 32 heavy (non-hydrogen) atoms. The average molecular weight is 428 g/mol. The number of hydrogen-bond donors (Lipinski definition) is 0. The molecule has 0 spiro atoms. The summed E-state index contributed by atoms with van der Waals surface area (Å²) in [4.78, 5) is 24.0. The van der Waals surface area contributed by atoms with Crippen molar-refractivity contribution in [3.05, 3.63) is 78.0 Å². The summed E-state index contributed by atoms with van der Waals surface area (Å²) >= 11 is 0. The Kier molecular flexibility index (Phi) is 5.31. The Hall–Kier alpha value is -3.74. The maximum absolute atomic E-state index is 13.0. The number of carbonyl (C=O) groups is 1. The van der Waals surface area contributed by atoms with Gasteiger partial charge < -0.3 is 9.64 Å². The van der Waals surface area contributed by atoms with E-state index in [1.165, 1.54) is 0 Å². The van der Waals surface area contributed by atoms with E-state index in [2.05, 4.69) is 4.98 Å². The van der Waals surface area contributed by atoms with E-state index >= 15 is 0 Å². The van der Waals surface area contributed by atoms with Gasteiger partial charge in [0.15, 0.2) is 11.5 Å². The van der Waals surface area contributed by atoms with Gasteiger partial charge in [-0.1, -0.05) is 18.2 Å². The van der Waals surface area contributed by atoms with Crippen LogP contribution < -0.4 is 4.74 Å². The number of aryl methyl sites for hydroxylation is 1. The minimum Gasteiger partial charge on any atom is -0.497 e. The summed E-state index contributed by atoms with van der Waals surface area (Å²) in [7, 11) is 1.67. The molecule has 1 aliphatic heterocycles. The van der Waals surface area contributed by atoms with Crippen molar-refractivity contribution in [1.82, 2.24) is 24.5 Å². The topological polar surface area (TPSA) is 72.6 Å². The lowest BCUT2D eigenvalue weighted by Crippen LogP contribution is -2.39. The van der Waals surface area contributed by atoms with E-state index in [0.717, 1.165) is 53.4 Å². The summed E-state index contributed by atoms with van der Waals surface area (Å²) in [6.45, 7) is 3.24. The molecule has 7 nitrogen and oxygen atoms in total. The molecule has 0 bridgehead atoms. The molecule has 162 valence electrons. The Labute approximate surface area is 186 Å². The van der Waals surface area contributed by atoms with Gasteiger partial charge in [-0.25, -0.2) is 14.5 Å². The van der Waals surface area contributed by atoms with Crippen molar-refractivity contribution in [2.45, 2.75) is 25.7 Å². The fourth-order valence-corrected chi connectivity index (χ4v) is 4.24. The fourth-order valence-electron chi connectivity index (χ4n) is 4.24. The molecule has 1 aromatic carbocycles. The first-order valence-corrected chi connectivity index (χ1v) is 10.8. The van der Waals surface area contributed by atoms with Crippen molar-refractivity contribution in [3.8, 4) is 16.9 Å². The van der Waals surface area contributed by atoms with Crippen LogP contribution >= 0.6 is 0 Å². The number of piperidine rings is 1. The number of hydrogen-bond acceptors (Lipinski definition) is 5. The zero-order valence-electron chi connectivity index (χ0n) is 18.2. The Bertz CT molecular complexity index is 1280. The highest BCUT2D eigenvalue weighted by molar-refractivity contribution is 5.92. The van der Waals surface area contributed by atoms with Crippen LogP contribution in [0.4, 0.5) is 0 Å². The monoisotopic (exact) mass is 427 g/mol. The Morgan fingerprint density at radius 1 is 1.06 bits per heavy atom. The first-order chi connectivity index (χ1) is 15.6. The number of fused-ring (bicyclic) bond motifs is 1. The van der Waals surface area contributed by atoms with Crippen LogP contribution in [0.2, 0.25) is 0 Å². The summed E-state index contributed by atoms with van der Waals surface area (Å²) in [5, 5.41) is 4.77. The van der Waals surface area contributed by atoms with Crippen LogP contribution in [0.15, 0.2) is 60.8 Å². The predicted molar refractivity (Wildman–Crippen MR) is 122 cm³/mol. The van der Waals surface area contributed by atoms with Crippen molar-refractivity contribution < 1.29 is 9.53 Å². The standard InChI is InChI=1S/C25H25N5O2/c1-17-6-3-10-22(26-17)25(31)29-13-5-8-20(15-29)24-27-23-12-11-19(16-30(23)28-24)18-7-4-9-21(14-18)32-2/h3-4,6-7,9-12,14,16,20H,5,8,13,15H2,1-2H3. The van der Waals surface area contributed by atoms with Gasteiger partial charge in [0.2, 0.25) is 0 Å². The number of nitrogens with zero attached hydrogens (tertiary/aromatic N) is 5. The quantitative estimate of drug-likeness (QED) is 0.490. The van der Waals surface area contributed by atoms with Gasteiger partial charge in [-0.3, -0.25) is 4.79 Å². The highest BCUT2D eigenvalue weighted by atomic mass is 16.5. The molecule has 0 aliphatic carbocycles. The summed E-state index contributed by atoms with van der Waals surface area (Å²) in [5.74, 6) is 1.68. The lowest BCUT2D eigenvalue weighted by Gasteiger charge is -2.31. The number of likely N-dealkylation sites (tertiary alicyclic amines) is 1. The smallest absolute Gasteiger partial charge is 0.272 e. The number of pyridine rings is 2. The van der Waals surface area contributed by atoms with E-state index in [-0.39, 0.29) is 11.8 Å². The Morgan fingerprint density at radius 2 is 1.94 bits per heavy atom. The molecule has 1 aliphatic rings. The third-order valence-corrected chi connectivity index (χ3v) is 5.93. The zero-order chi connectivity index (χ0) is 22.1. The summed E-state index contributed by atoms with van der Waals surface area (Å²) in [6, 6.07) is 17.5. The first-order valence-electron chi connectivity index (χ1n) is 10.8. The van der Waals surface area contributed by atoms with E-state index in [4.69, 9.17) is 14.8 Å². The lowest BCUT2D eigenvalue weighted by molar-refractivity contribution is 0.0698. The van der Waals surface area contributed by atoms with Gasteiger partial charge in [0.1, 0.15) is 11.4 Å². The summed E-state index contributed by atoms with van der Waals surface area (Å²) in [5.41, 5.74) is 4.24. The van der Waals surface area contributed by atoms with Gasteiger partial charge in [0, 0.05) is 36.5 Å². The minimum absolute atomic E-state index is 0.0255. The molecule has 4 aromatic rings.